The molecule has 0 aromatic carbocycles. The quantitative estimate of drug-likeness (QED) is 0.714. The standard InChI is InChI=1S/C11H22N2O2/c1-4-6-12-11(10(14)15)5-7-13(8-11)9(2)3/h9,12H,4-8H2,1-3H3,(H,14,15). The summed E-state index contributed by atoms with van der Waals surface area (Å²) < 4.78 is 0. The number of likely N-dealkylation sites (tertiary alicyclic amines) is 1. The van der Waals surface area contributed by atoms with E-state index in [0.29, 0.717) is 19.0 Å². The summed E-state index contributed by atoms with van der Waals surface area (Å²) in [6.07, 6.45) is 1.68. The van der Waals surface area contributed by atoms with Gasteiger partial charge in [-0.1, -0.05) is 6.92 Å². The molecule has 1 unspecified atom stereocenters. The van der Waals surface area contributed by atoms with E-state index in [4.69, 9.17) is 0 Å². The number of nitrogens with zero attached hydrogens (tertiary/aromatic N) is 1. The predicted octanol–water partition coefficient (Wildman–Crippen LogP) is 0.923. The summed E-state index contributed by atoms with van der Waals surface area (Å²) in [5, 5.41) is 12.5. The Kier molecular flexibility index (Phi) is 4.11. The van der Waals surface area contributed by atoms with Gasteiger partial charge in [-0.05, 0) is 33.2 Å². The number of rotatable bonds is 5. The van der Waals surface area contributed by atoms with Crippen molar-refractivity contribution < 1.29 is 9.90 Å². The predicted molar refractivity (Wildman–Crippen MR) is 60.0 cm³/mol. The first-order valence-corrected chi connectivity index (χ1v) is 5.74. The molecule has 0 aliphatic carbocycles. The Morgan fingerprint density at radius 2 is 2.27 bits per heavy atom. The van der Waals surface area contributed by atoms with Crippen LogP contribution in [0.2, 0.25) is 0 Å². The Hall–Kier alpha value is -0.610. The maximum atomic E-state index is 11.3. The lowest BCUT2D eigenvalue weighted by Gasteiger charge is -2.27. The highest BCUT2D eigenvalue weighted by Crippen LogP contribution is 2.23. The molecule has 1 aliphatic heterocycles. The van der Waals surface area contributed by atoms with Crippen LogP contribution in [0.4, 0.5) is 0 Å². The van der Waals surface area contributed by atoms with Gasteiger partial charge < -0.3 is 10.4 Å². The summed E-state index contributed by atoms with van der Waals surface area (Å²) in [5.74, 6) is -0.709. The summed E-state index contributed by atoms with van der Waals surface area (Å²) in [7, 11) is 0. The molecule has 0 aromatic rings. The van der Waals surface area contributed by atoms with Gasteiger partial charge in [-0.2, -0.15) is 0 Å². The van der Waals surface area contributed by atoms with Crippen LogP contribution in [0, 0.1) is 0 Å². The number of hydrogen-bond donors (Lipinski definition) is 2. The Morgan fingerprint density at radius 1 is 1.60 bits per heavy atom. The lowest BCUT2D eigenvalue weighted by Crippen LogP contribution is -2.54. The SMILES string of the molecule is CCCNC1(C(=O)O)CCN(C(C)C)C1. The molecule has 4 nitrogen and oxygen atoms in total. The number of carboxylic acids is 1. The van der Waals surface area contributed by atoms with Crippen LogP contribution in [-0.2, 0) is 4.79 Å². The Balaban J connectivity index is 2.65. The Labute approximate surface area is 91.6 Å². The molecule has 15 heavy (non-hydrogen) atoms. The first kappa shape index (κ1) is 12.5. The van der Waals surface area contributed by atoms with Gasteiger partial charge in [-0.3, -0.25) is 9.69 Å². The number of nitrogens with one attached hydrogen (secondary N) is 1. The van der Waals surface area contributed by atoms with E-state index in [0.717, 1.165) is 19.5 Å². The van der Waals surface area contributed by atoms with Crippen molar-refractivity contribution in [3.05, 3.63) is 0 Å². The summed E-state index contributed by atoms with van der Waals surface area (Å²) in [6, 6.07) is 0.426. The lowest BCUT2D eigenvalue weighted by atomic mass is 9.99. The molecular weight excluding hydrogens is 192 g/mol. The van der Waals surface area contributed by atoms with Crippen LogP contribution >= 0.6 is 0 Å². The molecule has 88 valence electrons. The van der Waals surface area contributed by atoms with Crippen LogP contribution in [0.5, 0.6) is 0 Å². The number of carboxylic acid groups (broad SMARTS) is 1. The van der Waals surface area contributed by atoms with Gasteiger partial charge in [0, 0.05) is 19.1 Å². The second kappa shape index (κ2) is 4.94. The smallest absolute Gasteiger partial charge is 0.325 e. The average molecular weight is 214 g/mol. The van der Waals surface area contributed by atoms with Crippen LogP contribution in [0.15, 0.2) is 0 Å². The van der Waals surface area contributed by atoms with Gasteiger partial charge in [-0.25, -0.2) is 0 Å². The van der Waals surface area contributed by atoms with Gasteiger partial charge in [0.25, 0.3) is 0 Å². The van der Waals surface area contributed by atoms with Crippen molar-refractivity contribution in [3.63, 3.8) is 0 Å². The van der Waals surface area contributed by atoms with Gasteiger partial charge in [0.2, 0.25) is 0 Å². The lowest BCUT2D eigenvalue weighted by molar-refractivity contribution is -0.144. The summed E-state index contributed by atoms with van der Waals surface area (Å²) in [5.41, 5.74) is -0.708. The second-order valence-corrected chi connectivity index (χ2v) is 4.63. The summed E-state index contributed by atoms with van der Waals surface area (Å²) >= 11 is 0. The minimum atomic E-state index is -0.709. The summed E-state index contributed by atoms with van der Waals surface area (Å²) in [6.45, 7) is 8.55. The first-order chi connectivity index (χ1) is 7.02. The molecule has 1 atom stereocenters. The molecular formula is C11H22N2O2. The fourth-order valence-electron chi connectivity index (χ4n) is 2.04. The molecule has 1 aliphatic rings. The van der Waals surface area contributed by atoms with E-state index >= 15 is 0 Å². The number of aliphatic carboxylic acids is 1. The maximum absolute atomic E-state index is 11.3. The van der Waals surface area contributed by atoms with E-state index in [1.807, 2.05) is 0 Å². The van der Waals surface area contributed by atoms with E-state index in [1.165, 1.54) is 0 Å². The molecule has 0 saturated carbocycles. The third-order valence-corrected chi connectivity index (χ3v) is 3.15. The minimum Gasteiger partial charge on any atom is -0.480 e. The van der Waals surface area contributed by atoms with Crippen LogP contribution in [0.1, 0.15) is 33.6 Å². The third kappa shape index (κ3) is 2.69. The Bertz CT molecular complexity index is 231. The van der Waals surface area contributed by atoms with Gasteiger partial charge >= 0.3 is 5.97 Å². The molecule has 0 spiro atoms. The molecule has 1 saturated heterocycles. The third-order valence-electron chi connectivity index (χ3n) is 3.15. The molecule has 2 N–H and O–H groups in total. The average Bonchev–Trinajstić information content (AvgIpc) is 2.60. The zero-order valence-corrected chi connectivity index (χ0v) is 9.92. The van der Waals surface area contributed by atoms with E-state index < -0.39 is 11.5 Å². The van der Waals surface area contributed by atoms with Gasteiger partial charge in [0.15, 0.2) is 0 Å². The van der Waals surface area contributed by atoms with Crippen molar-refractivity contribution in [2.45, 2.75) is 45.2 Å². The highest BCUT2D eigenvalue weighted by Gasteiger charge is 2.44. The van der Waals surface area contributed by atoms with Crippen molar-refractivity contribution >= 4 is 5.97 Å². The zero-order chi connectivity index (χ0) is 11.5. The monoisotopic (exact) mass is 214 g/mol. The number of carbonyl (C=O) groups is 1. The first-order valence-electron chi connectivity index (χ1n) is 5.74. The topological polar surface area (TPSA) is 52.6 Å². The van der Waals surface area contributed by atoms with Crippen LogP contribution in [-0.4, -0.2) is 47.2 Å². The molecule has 1 heterocycles. The molecule has 0 amide bonds. The summed E-state index contributed by atoms with van der Waals surface area (Å²) in [4.78, 5) is 13.5. The number of hydrogen-bond acceptors (Lipinski definition) is 3. The zero-order valence-electron chi connectivity index (χ0n) is 9.92. The van der Waals surface area contributed by atoms with Crippen molar-refractivity contribution in [2.75, 3.05) is 19.6 Å². The maximum Gasteiger partial charge on any atom is 0.325 e. The van der Waals surface area contributed by atoms with Crippen molar-refractivity contribution in [1.29, 1.82) is 0 Å². The van der Waals surface area contributed by atoms with E-state index in [-0.39, 0.29) is 0 Å². The van der Waals surface area contributed by atoms with Gasteiger partial charge in [-0.15, -0.1) is 0 Å². The fraction of sp³-hybridized carbons (Fsp3) is 0.909. The molecule has 4 heteroatoms. The van der Waals surface area contributed by atoms with Crippen LogP contribution < -0.4 is 5.32 Å². The van der Waals surface area contributed by atoms with Gasteiger partial charge in [0.1, 0.15) is 5.54 Å². The molecule has 1 rings (SSSR count). The van der Waals surface area contributed by atoms with E-state index in [9.17, 15) is 9.90 Å². The van der Waals surface area contributed by atoms with Crippen molar-refractivity contribution in [1.82, 2.24) is 10.2 Å². The highest BCUT2D eigenvalue weighted by molar-refractivity contribution is 5.79. The van der Waals surface area contributed by atoms with Crippen molar-refractivity contribution in [2.24, 2.45) is 0 Å². The molecule has 0 aromatic heterocycles. The molecule has 0 bridgehead atoms. The van der Waals surface area contributed by atoms with Gasteiger partial charge in [0.05, 0.1) is 0 Å². The minimum absolute atomic E-state index is 0.426. The second-order valence-electron chi connectivity index (χ2n) is 4.63. The Morgan fingerprint density at radius 3 is 2.67 bits per heavy atom. The molecule has 0 radical (unpaired) electrons. The van der Waals surface area contributed by atoms with E-state index in [1.54, 1.807) is 0 Å². The highest BCUT2D eigenvalue weighted by atomic mass is 16.4. The molecule has 1 fully saturated rings. The van der Waals surface area contributed by atoms with Crippen molar-refractivity contribution in [3.8, 4) is 0 Å². The largest absolute Gasteiger partial charge is 0.480 e. The normalized spacial score (nSPS) is 27.5. The van der Waals surface area contributed by atoms with E-state index in [2.05, 4.69) is 31.0 Å². The van der Waals surface area contributed by atoms with Crippen LogP contribution in [0.25, 0.3) is 0 Å². The van der Waals surface area contributed by atoms with Crippen LogP contribution in [0.3, 0.4) is 0 Å². The fourth-order valence-corrected chi connectivity index (χ4v) is 2.04.